The number of aliphatic hydroxyl groups is 1. The topological polar surface area (TPSA) is 53.2 Å². The van der Waals surface area contributed by atoms with Crippen LogP contribution in [0.4, 0.5) is 0 Å². The van der Waals surface area contributed by atoms with Crippen LogP contribution >= 0.6 is 0 Å². The summed E-state index contributed by atoms with van der Waals surface area (Å²) in [5.74, 6) is 0.698. The van der Waals surface area contributed by atoms with Gasteiger partial charge in [-0.3, -0.25) is 0 Å². The van der Waals surface area contributed by atoms with E-state index in [2.05, 4.69) is 6.07 Å². The molecule has 0 amide bonds. The number of hydrogen-bond acceptors (Lipinski definition) is 3. The zero-order chi connectivity index (χ0) is 14.5. The molecule has 3 heteroatoms. The zero-order valence-corrected chi connectivity index (χ0v) is 11.6. The molecule has 102 valence electrons. The van der Waals surface area contributed by atoms with Crippen LogP contribution in [0.3, 0.4) is 0 Å². The Bertz CT molecular complexity index is 624. The van der Waals surface area contributed by atoms with Crippen LogP contribution in [0.2, 0.25) is 0 Å². The summed E-state index contributed by atoms with van der Waals surface area (Å²) < 4.78 is 5.80. The van der Waals surface area contributed by atoms with Crippen LogP contribution in [0, 0.1) is 18.3 Å². The SMILES string of the molecule is Cc1ccc([C@@H](C)O)c(OCc2ccc(C#N)cc2)c1. The second-order valence-corrected chi connectivity index (χ2v) is 4.81. The Labute approximate surface area is 119 Å². The van der Waals surface area contributed by atoms with Crippen molar-refractivity contribution in [1.82, 2.24) is 0 Å². The fourth-order valence-corrected chi connectivity index (χ4v) is 1.95. The van der Waals surface area contributed by atoms with E-state index in [1.807, 2.05) is 37.3 Å². The minimum atomic E-state index is -0.563. The Morgan fingerprint density at radius 1 is 1.20 bits per heavy atom. The van der Waals surface area contributed by atoms with Crippen molar-refractivity contribution in [2.75, 3.05) is 0 Å². The largest absolute Gasteiger partial charge is 0.489 e. The molecule has 0 aliphatic heterocycles. The highest BCUT2D eigenvalue weighted by atomic mass is 16.5. The number of nitrogens with zero attached hydrogens (tertiary/aromatic N) is 1. The van der Waals surface area contributed by atoms with Crippen molar-refractivity contribution in [1.29, 1.82) is 5.26 Å². The van der Waals surface area contributed by atoms with Crippen LogP contribution in [-0.4, -0.2) is 5.11 Å². The maximum Gasteiger partial charge on any atom is 0.125 e. The molecule has 0 saturated carbocycles. The summed E-state index contributed by atoms with van der Waals surface area (Å²) >= 11 is 0. The molecule has 0 heterocycles. The average Bonchev–Trinajstić information content (AvgIpc) is 2.45. The predicted molar refractivity (Wildman–Crippen MR) is 77.3 cm³/mol. The minimum Gasteiger partial charge on any atom is -0.489 e. The third-order valence-electron chi connectivity index (χ3n) is 3.10. The van der Waals surface area contributed by atoms with Gasteiger partial charge in [0.15, 0.2) is 0 Å². The molecule has 1 N–H and O–H groups in total. The first-order valence-corrected chi connectivity index (χ1v) is 6.50. The number of nitriles is 1. The van der Waals surface area contributed by atoms with Gasteiger partial charge in [-0.05, 0) is 43.2 Å². The summed E-state index contributed by atoms with van der Waals surface area (Å²) in [6.45, 7) is 4.12. The Balaban J connectivity index is 2.13. The van der Waals surface area contributed by atoms with Crippen molar-refractivity contribution in [3.8, 4) is 11.8 Å². The molecule has 2 aromatic rings. The number of hydrogen-bond donors (Lipinski definition) is 1. The van der Waals surface area contributed by atoms with Crippen molar-refractivity contribution in [2.24, 2.45) is 0 Å². The third kappa shape index (κ3) is 3.37. The van der Waals surface area contributed by atoms with Gasteiger partial charge in [-0.1, -0.05) is 24.3 Å². The monoisotopic (exact) mass is 267 g/mol. The lowest BCUT2D eigenvalue weighted by molar-refractivity contribution is 0.190. The molecule has 0 fully saturated rings. The van der Waals surface area contributed by atoms with Crippen molar-refractivity contribution >= 4 is 0 Å². The van der Waals surface area contributed by atoms with Gasteiger partial charge in [0, 0.05) is 5.56 Å². The van der Waals surface area contributed by atoms with Gasteiger partial charge in [-0.25, -0.2) is 0 Å². The van der Waals surface area contributed by atoms with E-state index in [4.69, 9.17) is 10.00 Å². The molecule has 2 rings (SSSR count). The van der Waals surface area contributed by atoms with Crippen LogP contribution in [-0.2, 0) is 6.61 Å². The van der Waals surface area contributed by atoms with Gasteiger partial charge in [0.1, 0.15) is 12.4 Å². The van der Waals surface area contributed by atoms with Crippen LogP contribution < -0.4 is 4.74 Å². The van der Waals surface area contributed by atoms with Crippen LogP contribution in [0.15, 0.2) is 42.5 Å². The quantitative estimate of drug-likeness (QED) is 0.922. The molecule has 0 spiro atoms. The Morgan fingerprint density at radius 3 is 2.50 bits per heavy atom. The third-order valence-corrected chi connectivity index (χ3v) is 3.10. The van der Waals surface area contributed by atoms with Gasteiger partial charge in [0.25, 0.3) is 0 Å². The highest BCUT2D eigenvalue weighted by Gasteiger charge is 2.09. The van der Waals surface area contributed by atoms with Gasteiger partial charge in [0.2, 0.25) is 0 Å². The minimum absolute atomic E-state index is 0.412. The van der Waals surface area contributed by atoms with Crippen LogP contribution in [0.25, 0.3) is 0 Å². The molecule has 0 bridgehead atoms. The van der Waals surface area contributed by atoms with E-state index in [1.54, 1.807) is 19.1 Å². The zero-order valence-electron chi connectivity index (χ0n) is 11.6. The Morgan fingerprint density at radius 2 is 1.90 bits per heavy atom. The van der Waals surface area contributed by atoms with Crippen LogP contribution in [0.5, 0.6) is 5.75 Å². The highest BCUT2D eigenvalue weighted by molar-refractivity contribution is 5.39. The van der Waals surface area contributed by atoms with Crippen molar-refractivity contribution in [2.45, 2.75) is 26.6 Å². The lowest BCUT2D eigenvalue weighted by atomic mass is 10.1. The van der Waals surface area contributed by atoms with E-state index < -0.39 is 6.10 Å². The van der Waals surface area contributed by atoms with Gasteiger partial charge in [-0.15, -0.1) is 0 Å². The smallest absolute Gasteiger partial charge is 0.125 e. The molecular weight excluding hydrogens is 250 g/mol. The highest BCUT2D eigenvalue weighted by Crippen LogP contribution is 2.27. The molecule has 20 heavy (non-hydrogen) atoms. The summed E-state index contributed by atoms with van der Waals surface area (Å²) in [6, 6.07) is 15.1. The van der Waals surface area contributed by atoms with Crippen molar-refractivity contribution in [3.63, 3.8) is 0 Å². The first kappa shape index (κ1) is 14.1. The van der Waals surface area contributed by atoms with Crippen molar-refractivity contribution in [3.05, 3.63) is 64.7 Å². The summed E-state index contributed by atoms with van der Waals surface area (Å²) in [6.07, 6.45) is -0.563. The summed E-state index contributed by atoms with van der Waals surface area (Å²) in [5.41, 5.74) is 3.49. The lowest BCUT2D eigenvalue weighted by Gasteiger charge is -2.14. The maximum atomic E-state index is 9.74. The second kappa shape index (κ2) is 6.23. The molecule has 2 aromatic carbocycles. The molecule has 0 aliphatic carbocycles. The molecule has 0 unspecified atom stereocenters. The number of aliphatic hydroxyl groups excluding tert-OH is 1. The molecule has 0 saturated heterocycles. The number of aryl methyl sites for hydroxylation is 1. The first-order valence-electron chi connectivity index (χ1n) is 6.50. The number of benzene rings is 2. The summed E-state index contributed by atoms with van der Waals surface area (Å²) in [7, 11) is 0. The molecule has 0 aliphatic rings. The lowest BCUT2D eigenvalue weighted by Crippen LogP contribution is -2.01. The van der Waals surface area contributed by atoms with Crippen molar-refractivity contribution < 1.29 is 9.84 Å². The number of ether oxygens (including phenoxy) is 1. The van der Waals surface area contributed by atoms with E-state index >= 15 is 0 Å². The van der Waals surface area contributed by atoms with E-state index in [0.717, 1.165) is 16.7 Å². The van der Waals surface area contributed by atoms with Crippen LogP contribution in [0.1, 0.15) is 35.3 Å². The second-order valence-electron chi connectivity index (χ2n) is 4.81. The van der Waals surface area contributed by atoms with Gasteiger partial charge >= 0.3 is 0 Å². The number of rotatable bonds is 4. The summed E-state index contributed by atoms with van der Waals surface area (Å²) in [4.78, 5) is 0. The van der Waals surface area contributed by atoms with E-state index in [0.29, 0.717) is 17.9 Å². The predicted octanol–water partition coefficient (Wildman–Crippen LogP) is 3.50. The molecule has 3 nitrogen and oxygen atoms in total. The molecule has 1 atom stereocenters. The van der Waals surface area contributed by atoms with E-state index in [-0.39, 0.29) is 0 Å². The van der Waals surface area contributed by atoms with E-state index in [1.165, 1.54) is 0 Å². The fourth-order valence-electron chi connectivity index (χ4n) is 1.95. The van der Waals surface area contributed by atoms with Gasteiger partial charge in [0.05, 0.1) is 17.7 Å². The Kier molecular flexibility index (Phi) is 4.39. The normalized spacial score (nSPS) is 11.7. The van der Waals surface area contributed by atoms with Gasteiger partial charge in [-0.2, -0.15) is 5.26 Å². The fraction of sp³-hybridized carbons (Fsp3) is 0.235. The molecule has 0 aromatic heterocycles. The first-order chi connectivity index (χ1) is 9.60. The average molecular weight is 267 g/mol. The van der Waals surface area contributed by atoms with E-state index in [9.17, 15) is 5.11 Å². The van der Waals surface area contributed by atoms with Gasteiger partial charge < -0.3 is 9.84 Å². The summed E-state index contributed by atoms with van der Waals surface area (Å²) in [5, 5.41) is 18.5. The maximum absolute atomic E-state index is 9.74. The Hall–Kier alpha value is -2.31. The standard InChI is InChI=1S/C17H17NO2/c1-12-3-8-16(13(2)19)17(9-12)20-11-15-6-4-14(10-18)5-7-15/h3-9,13,19H,11H2,1-2H3/t13-/m1/s1. The molecular formula is C17H17NO2. The molecule has 0 radical (unpaired) electrons.